The zero-order valence-corrected chi connectivity index (χ0v) is 11.4. The molecule has 1 N–H and O–H groups in total. The van der Waals surface area contributed by atoms with E-state index >= 15 is 0 Å². The van der Waals surface area contributed by atoms with Gasteiger partial charge in [0.1, 0.15) is 0 Å². The van der Waals surface area contributed by atoms with Gasteiger partial charge in [-0.15, -0.1) is 0 Å². The van der Waals surface area contributed by atoms with Crippen molar-refractivity contribution in [2.75, 3.05) is 5.48 Å². The molecule has 0 fully saturated rings. The number of aromatic nitrogens is 3. The molecule has 2 rings (SSSR count). The van der Waals surface area contributed by atoms with Crippen molar-refractivity contribution < 1.29 is 19.2 Å². The Morgan fingerprint density at radius 1 is 1.47 bits per heavy atom. The smallest absolute Gasteiger partial charge is 0.497 e. The maximum absolute atomic E-state index is 12.0. The second kappa shape index (κ2) is 5.22. The lowest BCUT2D eigenvalue weighted by Gasteiger charge is -2.09. The van der Waals surface area contributed by atoms with Gasteiger partial charge in [0.25, 0.3) is 5.52 Å². The fourth-order valence-electron chi connectivity index (χ4n) is 1.35. The largest absolute Gasteiger partial charge is 0.739 e. The Hall–Kier alpha value is -2.16. The first-order chi connectivity index (χ1) is 9.02. The molecule has 0 aliphatic rings. The minimum atomic E-state index is -0.575. The minimum absolute atomic E-state index is 0.0921. The summed E-state index contributed by atoms with van der Waals surface area (Å²) in [6.07, 6.45) is 0.127. The Morgan fingerprint density at radius 3 is 2.89 bits per heavy atom. The number of carbonyl (C=O) groups is 1. The molecule has 1 heterocycles. The van der Waals surface area contributed by atoms with Gasteiger partial charge in [-0.2, -0.15) is 0 Å². The van der Waals surface area contributed by atoms with Crippen molar-refractivity contribution in [1.29, 1.82) is 0 Å². The highest BCUT2D eigenvalue weighted by Crippen LogP contribution is 2.14. The summed E-state index contributed by atoms with van der Waals surface area (Å²) in [5.74, 6) is -0.990. The van der Waals surface area contributed by atoms with E-state index in [0.29, 0.717) is 9.20 Å². The predicted molar refractivity (Wildman–Crippen MR) is 67.4 cm³/mol. The molecule has 100 valence electrons. The monoisotopic (exact) mass is 328 g/mol. The SMILES string of the molecule is CCC(=O)ONc1n[n+]([O-])c2ccc(Br)cc2[n+]1[O-]. The zero-order chi connectivity index (χ0) is 14.0. The van der Waals surface area contributed by atoms with Crippen LogP contribution in [0, 0.1) is 10.4 Å². The number of carbonyl (C=O) groups excluding carboxylic acids is 1. The van der Waals surface area contributed by atoms with Gasteiger partial charge in [-0.05, 0) is 12.1 Å². The molecule has 1 aromatic carbocycles. The van der Waals surface area contributed by atoms with E-state index in [1.165, 1.54) is 12.1 Å². The van der Waals surface area contributed by atoms with Crippen molar-refractivity contribution in [2.45, 2.75) is 13.3 Å². The van der Waals surface area contributed by atoms with Crippen LogP contribution >= 0.6 is 15.9 Å². The highest BCUT2D eigenvalue weighted by molar-refractivity contribution is 9.10. The maximum atomic E-state index is 12.0. The Balaban J connectivity index is 2.45. The molecule has 0 saturated heterocycles. The second-order valence-corrected chi connectivity index (χ2v) is 4.47. The Kier molecular flexibility index (Phi) is 3.65. The Bertz CT molecular complexity index is 649. The maximum Gasteiger partial charge on any atom is 0.497 e. The van der Waals surface area contributed by atoms with Gasteiger partial charge in [-0.25, -0.2) is 9.52 Å². The van der Waals surface area contributed by atoms with Crippen LogP contribution in [0.15, 0.2) is 22.7 Å². The van der Waals surface area contributed by atoms with Crippen LogP contribution in [0.25, 0.3) is 11.0 Å². The number of hydrogen-bond acceptors (Lipinski definition) is 6. The third-order valence-electron chi connectivity index (χ3n) is 2.29. The van der Waals surface area contributed by atoms with E-state index in [2.05, 4.69) is 31.3 Å². The van der Waals surface area contributed by atoms with Gasteiger partial charge < -0.3 is 10.4 Å². The molecule has 0 atom stereocenters. The summed E-state index contributed by atoms with van der Waals surface area (Å²) in [7, 11) is 0. The van der Waals surface area contributed by atoms with Crippen molar-refractivity contribution in [3.05, 3.63) is 33.1 Å². The second-order valence-electron chi connectivity index (χ2n) is 3.55. The fourth-order valence-corrected chi connectivity index (χ4v) is 1.70. The van der Waals surface area contributed by atoms with Crippen LogP contribution in [0.2, 0.25) is 0 Å². The van der Waals surface area contributed by atoms with E-state index in [1.807, 2.05) is 0 Å². The van der Waals surface area contributed by atoms with E-state index in [1.54, 1.807) is 13.0 Å². The summed E-state index contributed by atoms with van der Waals surface area (Å²) in [4.78, 5) is 15.8. The summed E-state index contributed by atoms with van der Waals surface area (Å²) in [5, 5.41) is 27.0. The molecular formula is C10H9BrN4O4. The third-order valence-corrected chi connectivity index (χ3v) is 2.78. The molecule has 1 aromatic heterocycles. The average molecular weight is 329 g/mol. The quantitative estimate of drug-likeness (QED) is 0.501. The number of nitrogens with zero attached hydrogens (tertiary/aromatic N) is 3. The van der Waals surface area contributed by atoms with E-state index in [9.17, 15) is 15.2 Å². The highest BCUT2D eigenvalue weighted by Gasteiger charge is 2.21. The zero-order valence-electron chi connectivity index (χ0n) is 9.79. The van der Waals surface area contributed by atoms with Crippen molar-refractivity contribution >= 4 is 38.9 Å². The highest BCUT2D eigenvalue weighted by atomic mass is 79.9. The normalized spacial score (nSPS) is 10.4. The molecular weight excluding hydrogens is 320 g/mol. The van der Waals surface area contributed by atoms with Gasteiger partial charge in [0.15, 0.2) is 5.52 Å². The van der Waals surface area contributed by atoms with Gasteiger partial charge in [-0.1, -0.05) is 28.3 Å². The molecule has 0 spiro atoms. The fraction of sp³-hybridized carbons (Fsp3) is 0.200. The number of fused-ring (bicyclic) bond motifs is 1. The summed E-state index contributed by atoms with van der Waals surface area (Å²) >= 11 is 3.20. The van der Waals surface area contributed by atoms with Crippen LogP contribution in [0.5, 0.6) is 0 Å². The van der Waals surface area contributed by atoms with Crippen molar-refractivity contribution in [3.8, 4) is 0 Å². The third kappa shape index (κ3) is 2.65. The van der Waals surface area contributed by atoms with Crippen LogP contribution in [0.3, 0.4) is 0 Å². The van der Waals surface area contributed by atoms with Crippen LogP contribution < -0.4 is 15.1 Å². The number of anilines is 1. The van der Waals surface area contributed by atoms with Gasteiger partial charge in [0.05, 0.1) is 0 Å². The van der Waals surface area contributed by atoms with Crippen LogP contribution in [-0.2, 0) is 9.63 Å². The van der Waals surface area contributed by atoms with E-state index in [4.69, 9.17) is 0 Å². The standard InChI is InChI=1S/C10H9BrN4O4/c1-2-9(16)19-13-10-12-15(18)7-4-3-6(11)5-8(7)14(10)17/h3-5H,2H2,1H3,(H,12,13). The first kappa shape index (κ1) is 13.3. The number of benzene rings is 1. The number of nitrogens with one attached hydrogen (secondary N) is 1. The molecule has 2 aromatic rings. The lowest BCUT2D eigenvalue weighted by molar-refractivity contribution is -0.672. The van der Waals surface area contributed by atoms with E-state index < -0.39 is 11.9 Å². The average Bonchev–Trinajstić information content (AvgIpc) is 2.40. The lowest BCUT2D eigenvalue weighted by Crippen LogP contribution is -2.44. The Morgan fingerprint density at radius 2 is 2.21 bits per heavy atom. The Labute approximate surface area is 115 Å². The van der Waals surface area contributed by atoms with Gasteiger partial charge in [0.2, 0.25) is 5.10 Å². The first-order valence-electron chi connectivity index (χ1n) is 5.31. The molecule has 0 saturated carbocycles. The molecule has 0 aliphatic heterocycles. The number of rotatable bonds is 3. The van der Waals surface area contributed by atoms with Gasteiger partial charge >= 0.3 is 11.9 Å². The van der Waals surface area contributed by atoms with Crippen LogP contribution in [0.4, 0.5) is 5.95 Å². The number of halogens is 1. The molecule has 19 heavy (non-hydrogen) atoms. The predicted octanol–water partition coefficient (Wildman–Crippen LogP) is 0.544. The van der Waals surface area contributed by atoms with Crippen molar-refractivity contribution in [2.24, 2.45) is 0 Å². The molecule has 8 nitrogen and oxygen atoms in total. The summed E-state index contributed by atoms with van der Waals surface area (Å²) in [5.41, 5.74) is 2.26. The van der Waals surface area contributed by atoms with Crippen LogP contribution in [-0.4, -0.2) is 11.1 Å². The first-order valence-corrected chi connectivity index (χ1v) is 6.10. The van der Waals surface area contributed by atoms with Crippen molar-refractivity contribution in [3.63, 3.8) is 0 Å². The molecule has 0 bridgehead atoms. The summed E-state index contributed by atoms with van der Waals surface area (Å²) < 4.78 is 1.00. The van der Waals surface area contributed by atoms with Crippen LogP contribution in [0.1, 0.15) is 13.3 Å². The number of hydrogen-bond donors (Lipinski definition) is 1. The molecule has 9 heteroatoms. The minimum Gasteiger partial charge on any atom is -0.739 e. The van der Waals surface area contributed by atoms with Crippen molar-refractivity contribution in [1.82, 2.24) is 5.10 Å². The molecule has 0 unspecified atom stereocenters. The summed E-state index contributed by atoms with van der Waals surface area (Å²) in [6, 6.07) is 4.53. The molecule has 0 aliphatic carbocycles. The topological polar surface area (TPSA) is 105 Å². The summed E-state index contributed by atoms with van der Waals surface area (Å²) in [6.45, 7) is 1.59. The van der Waals surface area contributed by atoms with Gasteiger partial charge in [0, 0.05) is 21.8 Å². The van der Waals surface area contributed by atoms with E-state index in [0.717, 1.165) is 0 Å². The van der Waals surface area contributed by atoms with E-state index in [-0.39, 0.29) is 22.3 Å². The lowest BCUT2D eigenvalue weighted by atomic mass is 10.3. The molecule has 0 amide bonds. The van der Waals surface area contributed by atoms with Gasteiger partial charge in [-0.3, -0.25) is 4.84 Å². The molecule has 0 radical (unpaired) electrons.